The maximum atomic E-state index is 12.6. The molecule has 1 fully saturated rings. The molecule has 0 unspecified atom stereocenters. The van der Waals surface area contributed by atoms with Crippen LogP contribution in [0.2, 0.25) is 0 Å². The molecule has 0 radical (unpaired) electrons. The molecule has 1 aliphatic rings. The summed E-state index contributed by atoms with van der Waals surface area (Å²) >= 11 is 0. The molecule has 1 saturated heterocycles. The molecule has 3 rings (SSSR count). The minimum Gasteiger partial charge on any atom is -0.463 e. The third-order valence-corrected chi connectivity index (χ3v) is 4.01. The lowest BCUT2D eigenvalue weighted by atomic mass is 10.1. The van der Waals surface area contributed by atoms with E-state index in [9.17, 15) is 19.2 Å². The van der Waals surface area contributed by atoms with E-state index in [1.54, 1.807) is 0 Å². The first-order valence-electron chi connectivity index (χ1n) is 8.72. The van der Waals surface area contributed by atoms with E-state index < -0.39 is 48.1 Å². The molecule has 2 aromatic heterocycles. The Morgan fingerprint density at radius 3 is 2.37 bits per heavy atom. The number of aromatic nitrogens is 6. The third-order valence-electron chi connectivity index (χ3n) is 4.01. The smallest absolute Gasteiger partial charge is 0.351 e. The molecule has 0 spiro atoms. The van der Waals surface area contributed by atoms with E-state index in [-0.39, 0.29) is 12.4 Å². The van der Waals surface area contributed by atoms with Gasteiger partial charge in [0.15, 0.2) is 24.3 Å². The minimum atomic E-state index is -1.19. The summed E-state index contributed by atoms with van der Waals surface area (Å²) in [4.78, 5) is 50.9. The highest BCUT2D eigenvalue weighted by Gasteiger charge is 2.50. The molecule has 0 amide bonds. The normalized spacial score (nSPS) is 23.0. The minimum absolute atomic E-state index is 0.149. The molecule has 1 aliphatic heterocycles. The molecule has 14 heteroatoms. The Balaban J connectivity index is 1.96. The summed E-state index contributed by atoms with van der Waals surface area (Å²) in [5.41, 5.74) is -0.764. The Morgan fingerprint density at radius 1 is 1.10 bits per heavy atom. The van der Waals surface area contributed by atoms with E-state index in [2.05, 4.69) is 20.5 Å². The van der Waals surface area contributed by atoms with Gasteiger partial charge in [-0.25, -0.2) is 4.79 Å². The summed E-state index contributed by atoms with van der Waals surface area (Å²) < 4.78 is 23.5. The SMILES string of the molecule is CC(=O)OC[C@H]1O[C@@H](n2ccc(-n3cnnn3)nc2=O)[C@H](OC(C)=O)[C@@H]1OC(C)=O. The first-order valence-corrected chi connectivity index (χ1v) is 8.72. The fourth-order valence-corrected chi connectivity index (χ4v) is 2.91. The number of carbonyl (C=O) groups is 3. The van der Waals surface area contributed by atoms with Crippen LogP contribution in [0.4, 0.5) is 0 Å². The number of hydrogen-bond acceptors (Lipinski definition) is 12. The molecular formula is C16H18N6O8. The van der Waals surface area contributed by atoms with Gasteiger partial charge in [-0.3, -0.25) is 19.0 Å². The highest BCUT2D eigenvalue weighted by atomic mass is 16.7. The highest BCUT2D eigenvalue weighted by molar-refractivity contribution is 5.68. The molecule has 0 N–H and O–H groups in total. The summed E-state index contributed by atoms with van der Waals surface area (Å²) in [7, 11) is 0. The van der Waals surface area contributed by atoms with Gasteiger partial charge in [0.1, 0.15) is 19.0 Å². The zero-order chi connectivity index (χ0) is 21.8. The third kappa shape index (κ3) is 4.65. The standard InChI is InChI=1S/C16H18N6O8/c1-8(23)27-6-11-13(28-9(2)24)14(29-10(3)25)15(30-11)21-5-4-12(18-16(21)26)22-7-17-19-20-22/h4-5,7,11,13-15H,6H2,1-3H3/t11-,13-,14-,15-/m1/s1. The second-order valence-electron chi connectivity index (χ2n) is 6.25. The second-order valence-corrected chi connectivity index (χ2v) is 6.25. The van der Waals surface area contributed by atoms with Gasteiger partial charge in [0.25, 0.3) is 0 Å². The molecule has 0 aliphatic carbocycles. The van der Waals surface area contributed by atoms with E-state index in [0.29, 0.717) is 0 Å². The lowest BCUT2D eigenvalue weighted by molar-refractivity contribution is -0.166. The van der Waals surface area contributed by atoms with Crippen molar-refractivity contribution in [1.29, 1.82) is 0 Å². The Bertz CT molecular complexity index is 990. The van der Waals surface area contributed by atoms with Crippen LogP contribution in [-0.4, -0.2) is 72.6 Å². The molecule has 4 atom stereocenters. The predicted octanol–water partition coefficient (Wildman–Crippen LogP) is -1.46. The second kappa shape index (κ2) is 8.77. The van der Waals surface area contributed by atoms with Crippen molar-refractivity contribution >= 4 is 17.9 Å². The molecule has 160 valence electrons. The van der Waals surface area contributed by atoms with Gasteiger partial charge < -0.3 is 18.9 Å². The molecule has 0 bridgehead atoms. The molecule has 0 saturated carbocycles. The first-order chi connectivity index (χ1) is 14.3. The van der Waals surface area contributed by atoms with E-state index in [1.165, 1.54) is 30.2 Å². The van der Waals surface area contributed by atoms with Crippen LogP contribution in [0.5, 0.6) is 0 Å². The maximum absolute atomic E-state index is 12.6. The van der Waals surface area contributed by atoms with Crippen molar-refractivity contribution in [2.24, 2.45) is 0 Å². The van der Waals surface area contributed by atoms with Crippen molar-refractivity contribution < 1.29 is 33.3 Å². The van der Waals surface area contributed by atoms with Crippen molar-refractivity contribution in [2.75, 3.05) is 6.61 Å². The number of tetrazole rings is 1. The number of rotatable bonds is 6. The van der Waals surface area contributed by atoms with Crippen molar-refractivity contribution in [2.45, 2.75) is 45.3 Å². The van der Waals surface area contributed by atoms with E-state index in [0.717, 1.165) is 18.4 Å². The van der Waals surface area contributed by atoms with Gasteiger partial charge in [-0.1, -0.05) is 0 Å². The summed E-state index contributed by atoms with van der Waals surface area (Å²) in [6.07, 6.45) is -1.90. The van der Waals surface area contributed by atoms with Gasteiger partial charge in [0.05, 0.1) is 0 Å². The topological polar surface area (TPSA) is 167 Å². The molecule has 3 heterocycles. The number of ether oxygens (including phenoxy) is 4. The Hall–Kier alpha value is -3.68. The fraction of sp³-hybridized carbons (Fsp3) is 0.500. The van der Waals surface area contributed by atoms with Crippen LogP contribution in [0.1, 0.15) is 27.0 Å². The summed E-state index contributed by atoms with van der Waals surface area (Å²) in [5.74, 6) is -1.80. The first kappa shape index (κ1) is 21.0. The lowest BCUT2D eigenvalue weighted by Gasteiger charge is -2.23. The summed E-state index contributed by atoms with van der Waals surface area (Å²) in [6, 6.07) is 1.44. The number of carbonyl (C=O) groups excluding carboxylic acids is 3. The van der Waals surface area contributed by atoms with Crippen LogP contribution in [0.15, 0.2) is 23.4 Å². The van der Waals surface area contributed by atoms with Crippen molar-refractivity contribution in [3.05, 3.63) is 29.1 Å². The quantitative estimate of drug-likeness (QED) is 0.393. The van der Waals surface area contributed by atoms with Gasteiger partial charge in [-0.2, -0.15) is 9.67 Å². The van der Waals surface area contributed by atoms with E-state index in [1.807, 2.05) is 0 Å². The zero-order valence-electron chi connectivity index (χ0n) is 16.2. The van der Waals surface area contributed by atoms with Gasteiger partial charge in [-0.05, 0) is 16.5 Å². The predicted molar refractivity (Wildman–Crippen MR) is 92.9 cm³/mol. The maximum Gasteiger partial charge on any atom is 0.351 e. The average Bonchev–Trinajstić information content (AvgIpc) is 3.29. The van der Waals surface area contributed by atoms with Crippen LogP contribution in [-0.2, 0) is 33.3 Å². The van der Waals surface area contributed by atoms with Crippen molar-refractivity contribution in [3.8, 4) is 5.82 Å². The van der Waals surface area contributed by atoms with Crippen LogP contribution in [0.3, 0.4) is 0 Å². The van der Waals surface area contributed by atoms with Crippen molar-refractivity contribution in [3.63, 3.8) is 0 Å². The van der Waals surface area contributed by atoms with Gasteiger partial charge >= 0.3 is 23.6 Å². The number of nitrogens with zero attached hydrogens (tertiary/aromatic N) is 6. The highest BCUT2D eigenvalue weighted by Crippen LogP contribution is 2.33. The number of hydrogen-bond donors (Lipinski definition) is 0. The largest absolute Gasteiger partial charge is 0.463 e. The van der Waals surface area contributed by atoms with Crippen LogP contribution >= 0.6 is 0 Å². The van der Waals surface area contributed by atoms with E-state index >= 15 is 0 Å². The van der Waals surface area contributed by atoms with Gasteiger partial charge in [-0.15, -0.1) is 5.10 Å². The monoisotopic (exact) mass is 422 g/mol. The molecule has 14 nitrogen and oxygen atoms in total. The van der Waals surface area contributed by atoms with E-state index in [4.69, 9.17) is 18.9 Å². The Kier molecular flexibility index (Phi) is 6.15. The van der Waals surface area contributed by atoms with Crippen LogP contribution in [0.25, 0.3) is 5.82 Å². The molecule has 30 heavy (non-hydrogen) atoms. The van der Waals surface area contributed by atoms with Crippen LogP contribution < -0.4 is 5.69 Å². The molecule has 2 aromatic rings. The lowest BCUT2D eigenvalue weighted by Crippen LogP contribution is -2.41. The summed E-state index contributed by atoms with van der Waals surface area (Å²) in [5, 5.41) is 10.6. The zero-order valence-corrected chi connectivity index (χ0v) is 16.2. The Morgan fingerprint density at radius 2 is 1.80 bits per heavy atom. The van der Waals surface area contributed by atoms with Gasteiger partial charge in [0.2, 0.25) is 0 Å². The van der Waals surface area contributed by atoms with Gasteiger partial charge in [0, 0.05) is 27.0 Å². The Labute approximate surface area is 168 Å². The fourth-order valence-electron chi connectivity index (χ4n) is 2.91. The number of esters is 3. The van der Waals surface area contributed by atoms with Crippen LogP contribution in [0, 0.1) is 0 Å². The summed E-state index contributed by atoms with van der Waals surface area (Å²) in [6.45, 7) is 3.23. The molecule has 0 aromatic carbocycles. The molecular weight excluding hydrogens is 404 g/mol. The average molecular weight is 422 g/mol. The van der Waals surface area contributed by atoms with Crippen molar-refractivity contribution in [1.82, 2.24) is 29.8 Å².